The van der Waals surface area contributed by atoms with E-state index in [9.17, 15) is 0 Å². The van der Waals surface area contributed by atoms with Gasteiger partial charge in [-0.2, -0.15) is 0 Å². The Kier molecular flexibility index (Phi) is 2.61. The molecule has 0 spiro atoms. The number of nitrogens with one attached hydrogen (secondary N) is 1. The monoisotopic (exact) mass is 181 g/mol. The number of aromatic nitrogens is 1. The molecule has 1 fully saturated rings. The maximum atomic E-state index is 4.75. The molecule has 2 rings (SSSR count). The molecule has 4 heteroatoms. The number of nitrogens with zero attached hydrogens (tertiary/aromatic N) is 2. The van der Waals surface area contributed by atoms with Crippen LogP contribution >= 0.6 is 0 Å². The van der Waals surface area contributed by atoms with Gasteiger partial charge in [0.15, 0.2) is 0 Å². The van der Waals surface area contributed by atoms with Gasteiger partial charge in [0.05, 0.1) is 6.20 Å². The Morgan fingerprint density at radius 1 is 1.77 bits per heavy atom. The lowest BCUT2D eigenvalue weighted by Gasteiger charge is -2.11. The van der Waals surface area contributed by atoms with Gasteiger partial charge in [-0.05, 0) is 20.0 Å². The van der Waals surface area contributed by atoms with Crippen LogP contribution in [0.3, 0.4) is 0 Å². The summed E-state index contributed by atoms with van der Waals surface area (Å²) in [4.78, 5) is 2.34. The second-order valence-electron chi connectivity index (χ2n) is 3.66. The number of likely N-dealkylation sites (N-methyl/N-ethyl adjacent to an activating group) is 1. The van der Waals surface area contributed by atoms with Gasteiger partial charge in [0.1, 0.15) is 6.26 Å². The van der Waals surface area contributed by atoms with Gasteiger partial charge in [-0.25, -0.2) is 0 Å². The summed E-state index contributed by atoms with van der Waals surface area (Å²) in [5.74, 6) is 0. The first-order chi connectivity index (χ1) is 6.34. The van der Waals surface area contributed by atoms with Crippen LogP contribution in [0.2, 0.25) is 0 Å². The molecule has 2 heterocycles. The first kappa shape index (κ1) is 8.72. The zero-order chi connectivity index (χ0) is 9.10. The Morgan fingerprint density at radius 2 is 2.69 bits per heavy atom. The Hall–Kier alpha value is -0.870. The maximum absolute atomic E-state index is 4.75. The second kappa shape index (κ2) is 3.89. The lowest BCUT2D eigenvalue weighted by Crippen LogP contribution is -2.30. The van der Waals surface area contributed by atoms with Gasteiger partial charge in [0.25, 0.3) is 0 Å². The van der Waals surface area contributed by atoms with Crippen LogP contribution in [0.25, 0.3) is 0 Å². The third-order valence-corrected chi connectivity index (χ3v) is 2.47. The summed E-state index contributed by atoms with van der Waals surface area (Å²) in [5.41, 5.74) is 1.12. The molecule has 1 aliphatic rings. The molecule has 1 atom stereocenters. The highest BCUT2D eigenvalue weighted by Gasteiger charge is 2.18. The van der Waals surface area contributed by atoms with Gasteiger partial charge in [-0.3, -0.25) is 0 Å². The minimum Gasteiger partial charge on any atom is -0.364 e. The van der Waals surface area contributed by atoms with E-state index in [1.54, 1.807) is 12.5 Å². The third kappa shape index (κ3) is 2.29. The van der Waals surface area contributed by atoms with E-state index < -0.39 is 0 Å². The van der Waals surface area contributed by atoms with Gasteiger partial charge in [0, 0.05) is 24.7 Å². The molecule has 1 saturated heterocycles. The minimum absolute atomic E-state index is 0.625. The van der Waals surface area contributed by atoms with Crippen LogP contribution < -0.4 is 5.32 Å². The van der Waals surface area contributed by atoms with Gasteiger partial charge in [-0.15, -0.1) is 0 Å². The SMILES string of the molecule is CN1CCC(NCc2cnoc2)C1. The molecule has 0 radical (unpaired) electrons. The Morgan fingerprint density at radius 3 is 3.31 bits per heavy atom. The van der Waals surface area contributed by atoms with Crippen LogP contribution in [0.1, 0.15) is 12.0 Å². The Balaban J connectivity index is 1.74. The zero-order valence-corrected chi connectivity index (χ0v) is 7.86. The fourth-order valence-corrected chi connectivity index (χ4v) is 1.68. The molecule has 1 aromatic rings. The number of likely N-dealkylation sites (tertiary alicyclic amines) is 1. The molecular weight excluding hydrogens is 166 g/mol. The maximum Gasteiger partial charge on any atom is 0.128 e. The Labute approximate surface area is 77.9 Å². The summed E-state index contributed by atoms with van der Waals surface area (Å²) in [6.45, 7) is 3.20. The predicted molar refractivity (Wildman–Crippen MR) is 49.2 cm³/mol. The first-order valence-electron chi connectivity index (χ1n) is 4.65. The van der Waals surface area contributed by atoms with Crippen molar-refractivity contribution in [2.45, 2.75) is 19.0 Å². The number of hydrogen-bond acceptors (Lipinski definition) is 4. The smallest absolute Gasteiger partial charge is 0.128 e. The van der Waals surface area contributed by atoms with Crippen LogP contribution in [0.15, 0.2) is 17.0 Å². The molecule has 1 N–H and O–H groups in total. The normalized spacial score (nSPS) is 23.9. The standard InChI is InChI=1S/C9H15N3O/c1-12-3-2-9(6-12)10-4-8-5-11-13-7-8/h5,7,9-10H,2-4,6H2,1H3. The van der Waals surface area contributed by atoms with E-state index in [1.165, 1.54) is 13.0 Å². The number of hydrogen-bond donors (Lipinski definition) is 1. The zero-order valence-electron chi connectivity index (χ0n) is 7.86. The van der Waals surface area contributed by atoms with Crippen LogP contribution in [-0.2, 0) is 6.54 Å². The molecule has 0 amide bonds. The third-order valence-electron chi connectivity index (χ3n) is 2.47. The van der Waals surface area contributed by atoms with E-state index in [2.05, 4.69) is 22.4 Å². The number of rotatable bonds is 3. The molecule has 0 saturated carbocycles. The second-order valence-corrected chi connectivity index (χ2v) is 3.66. The molecule has 4 nitrogen and oxygen atoms in total. The summed E-state index contributed by atoms with van der Waals surface area (Å²) in [5, 5.41) is 7.13. The molecule has 0 bridgehead atoms. The average molecular weight is 181 g/mol. The molecule has 1 aliphatic heterocycles. The van der Waals surface area contributed by atoms with Gasteiger partial charge in [0.2, 0.25) is 0 Å². The van der Waals surface area contributed by atoms with E-state index in [0.29, 0.717) is 6.04 Å². The van der Waals surface area contributed by atoms with Crippen molar-refractivity contribution in [3.8, 4) is 0 Å². The van der Waals surface area contributed by atoms with Gasteiger partial charge < -0.3 is 14.7 Å². The minimum atomic E-state index is 0.625. The van der Waals surface area contributed by atoms with E-state index in [4.69, 9.17) is 4.52 Å². The van der Waals surface area contributed by atoms with E-state index >= 15 is 0 Å². The van der Waals surface area contributed by atoms with Crippen molar-refractivity contribution >= 4 is 0 Å². The molecule has 0 aliphatic carbocycles. The van der Waals surface area contributed by atoms with Crippen LogP contribution in [-0.4, -0.2) is 36.2 Å². The average Bonchev–Trinajstić information content (AvgIpc) is 2.71. The van der Waals surface area contributed by atoms with Crippen LogP contribution in [0.5, 0.6) is 0 Å². The van der Waals surface area contributed by atoms with Crippen molar-refractivity contribution in [1.82, 2.24) is 15.4 Å². The van der Waals surface area contributed by atoms with Gasteiger partial charge in [-0.1, -0.05) is 5.16 Å². The van der Waals surface area contributed by atoms with Crippen molar-refractivity contribution in [3.63, 3.8) is 0 Å². The van der Waals surface area contributed by atoms with Crippen LogP contribution in [0, 0.1) is 0 Å². The summed E-state index contributed by atoms with van der Waals surface area (Å²) < 4.78 is 4.75. The lowest BCUT2D eigenvalue weighted by molar-refractivity contribution is 0.397. The highest BCUT2D eigenvalue weighted by Crippen LogP contribution is 2.07. The molecule has 1 unspecified atom stereocenters. The fourth-order valence-electron chi connectivity index (χ4n) is 1.68. The van der Waals surface area contributed by atoms with E-state index in [-0.39, 0.29) is 0 Å². The van der Waals surface area contributed by atoms with Crippen molar-refractivity contribution in [2.75, 3.05) is 20.1 Å². The topological polar surface area (TPSA) is 41.3 Å². The fraction of sp³-hybridized carbons (Fsp3) is 0.667. The van der Waals surface area contributed by atoms with Crippen molar-refractivity contribution in [1.29, 1.82) is 0 Å². The summed E-state index contributed by atoms with van der Waals surface area (Å²) in [6.07, 6.45) is 4.68. The molecular formula is C9H15N3O. The largest absolute Gasteiger partial charge is 0.364 e. The van der Waals surface area contributed by atoms with Crippen LogP contribution in [0.4, 0.5) is 0 Å². The van der Waals surface area contributed by atoms with Crippen molar-refractivity contribution in [3.05, 3.63) is 18.0 Å². The highest BCUT2D eigenvalue weighted by molar-refractivity contribution is 5.00. The molecule has 13 heavy (non-hydrogen) atoms. The lowest BCUT2D eigenvalue weighted by atomic mass is 10.2. The van der Waals surface area contributed by atoms with Gasteiger partial charge >= 0.3 is 0 Å². The quantitative estimate of drug-likeness (QED) is 0.736. The molecule has 0 aromatic carbocycles. The van der Waals surface area contributed by atoms with E-state index in [0.717, 1.165) is 18.7 Å². The summed E-state index contributed by atoms with van der Waals surface area (Å²) in [7, 11) is 2.15. The predicted octanol–water partition coefficient (Wildman–Crippen LogP) is 0.468. The van der Waals surface area contributed by atoms with E-state index in [1.807, 2.05) is 0 Å². The van der Waals surface area contributed by atoms with Crippen molar-refractivity contribution < 1.29 is 4.52 Å². The highest BCUT2D eigenvalue weighted by atomic mass is 16.5. The first-order valence-corrected chi connectivity index (χ1v) is 4.65. The summed E-state index contributed by atoms with van der Waals surface area (Å²) in [6, 6.07) is 0.625. The molecule has 72 valence electrons. The molecule has 1 aromatic heterocycles. The Bertz CT molecular complexity index is 247. The summed E-state index contributed by atoms with van der Waals surface area (Å²) >= 11 is 0. The van der Waals surface area contributed by atoms with Crippen molar-refractivity contribution in [2.24, 2.45) is 0 Å².